The van der Waals surface area contributed by atoms with Crippen LogP contribution in [0.4, 0.5) is 0 Å². The normalized spacial score (nSPS) is 15.8. The molecule has 5 amide bonds. The number of hydrogen-bond acceptors (Lipinski definition) is 6. The Labute approximate surface area is 289 Å². The van der Waals surface area contributed by atoms with E-state index >= 15 is 0 Å². The predicted molar refractivity (Wildman–Crippen MR) is 189 cm³/mol. The zero-order chi connectivity index (χ0) is 34.6. The summed E-state index contributed by atoms with van der Waals surface area (Å²) in [5.74, 6) is -2.76. The molecule has 0 bridgehead atoms. The van der Waals surface area contributed by atoms with Crippen molar-refractivity contribution in [3.63, 3.8) is 0 Å². The lowest BCUT2D eigenvalue weighted by atomic mass is 10.0. The average Bonchev–Trinajstić information content (AvgIpc) is 3.38. The van der Waals surface area contributed by atoms with Crippen LogP contribution < -0.4 is 10.6 Å². The molecule has 0 saturated carbocycles. The molecule has 9 heteroatoms. The van der Waals surface area contributed by atoms with Gasteiger partial charge < -0.3 is 5.32 Å². The fraction of sp³-hybridized carbons (Fsp3) is 0.195. The van der Waals surface area contributed by atoms with Gasteiger partial charge in [-0.25, -0.2) is 0 Å². The van der Waals surface area contributed by atoms with E-state index in [0.29, 0.717) is 0 Å². The van der Waals surface area contributed by atoms with Crippen molar-refractivity contribution in [2.75, 3.05) is 6.54 Å². The fourth-order valence-electron chi connectivity index (χ4n) is 6.76. The van der Waals surface area contributed by atoms with Gasteiger partial charge >= 0.3 is 0 Å². The lowest BCUT2D eigenvalue weighted by molar-refractivity contribution is -0.136. The molecule has 7 rings (SSSR count). The highest BCUT2D eigenvalue weighted by Gasteiger charge is 2.44. The second-order valence-corrected chi connectivity index (χ2v) is 12.8. The molecule has 0 radical (unpaired) electrons. The quantitative estimate of drug-likeness (QED) is 0.183. The van der Waals surface area contributed by atoms with Crippen LogP contribution >= 0.6 is 0 Å². The number of imide groups is 2. The first-order valence-corrected chi connectivity index (χ1v) is 16.8. The minimum absolute atomic E-state index is 0.0380. The number of nitrogens with one attached hydrogen (secondary N) is 2. The Kier molecular flexibility index (Phi) is 9.31. The second-order valence-electron chi connectivity index (χ2n) is 12.8. The van der Waals surface area contributed by atoms with Gasteiger partial charge in [-0.2, -0.15) is 0 Å². The summed E-state index contributed by atoms with van der Waals surface area (Å²) in [5.41, 5.74) is 5.10. The van der Waals surface area contributed by atoms with Gasteiger partial charge in [0.15, 0.2) is 0 Å². The van der Waals surface area contributed by atoms with Crippen LogP contribution in [0.2, 0.25) is 0 Å². The first kappa shape index (κ1) is 32.6. The van der Waals surface area contributed by atoms with Gasteiger partial charge in [0.1, 0.15) is 6.04 Å². The Bertz CT molecular complexity index is 2110. The summed E-state index contributed by atoms with van der Waals surface area (Å²) in [7, 11) is 0. The number of hydrogen-bond donors (Lipinski definition) is 2. The number of rotatable bonds is 11. The SMILES string of the molecule is O=C1CCC(N2C(=O)c3ccc(C(=O)NCc4ccc(CN(CCc5cccc6ccccc56)Cc5ccccc5)cc4)cc3C2=O)C(=O)N1. The van der Waals surface area contributed by atoms with E-state index in [0.717, 1.165) is 42.1 Å². The number of piperidine rings is 1. The molecular weight excluding hydrogens is 628 g/mol. The van der Waals surface area contributed by atoms with E-state index in [-0.39, 0.29) is 42.0 Å². The van der Waals surface area contributed by atoms with Crippen molar-refractivity contribution in [3.8, 4) is 0 Å². The van der Waals surface area contributed by atoms with E-state index < -0.39 is 29.7 Å². The van der Waals surface area contributed by atoms with Crippen LogP contribution in [-0.4, -0.2) is 51.9 Å². The van der Waals surface area contributed by atoms with Crippen LogP contribution in [0.25, 0.3) is 10.8 Å². The Morgan fingerprint density at radius 2 is 1.42 bits per heavy atom. The highest BCUT2D eigenvalue weighted by molar-refractivity contribution is 6.24. The van der Waals surface area contributed by atoms with Gasteiger partial charge in [-0.15, -0.1) is 0 Å². The number of nitrogens with zero attached hydrogens (tertiary/aromatic N) is 2. The lowest BCUT2D eigenvalue weighted by Gasteiger charge is -2.27. The van der Waals surface area contributed by atoms with E-state index in [4.69, 9.17) is 0 Å². The molecule has 2 heterocycles. The third-order valence-corrected chi connectivity index (χ3v) is 9.41. The van der Waals surface area contributed by atoms with E-state index in [9.17, 15) is 24.0 Å². The molecule has 1 unspecified atom stereocenters. The van der Waals surface area contributed by atoms with Crippen molar-refractivity contribution in [2.24, 2.45) is 0 Å². The van der Waals surface area contributed by atoms with Gasteiger partial charge in [-0.1, -0.05) is 97.1 Å². The third-order valence-electron chi connectivity index (χ3n) is 9.41. The maximum absolute atomic E-state index is 13.2. The molecule has 9 nitrogen and oxygen atoms in total. The molecule has 1 atom stereocenters. The third kappa shape index (κ3) is 6.95. The summed E-state index contributed by atoms with van der Waals surface area (Å²) in [6.45, 7) is 2.76. The molecule has 250 valence electrons. The molecule has 1 saturated heterocycles. The Balaban J connectivity index is 0.983. The predicted octanol–water partition coefficient (Wildman–Crippen LogP) is 5.42. The van der Waals surface area contributed by atoms with E-state index in [1.54, 1.807) is 0 Å². The average molecular weight is 665 g/mol. The number of carbonyl (C=O) groups is 5. The lowest BCUT2D eigenvalue weighted by Crippen LogP contribution is -2.54. The standard InChI is InChI=1S/C41H36N4O5/c46-37-20-19-36(39(48)43-37)45-40(49)34-18-17-32(23-35(34)41(45)50)38(47)42-24-27-13-15-29(16-14-27)26-44(25-28-7-2-1-3-8-28)22-21-31-11-6-10-30-9-4-5-12-33(30)31/h1-18,23,36H,19-22,24-26H2,(H,42,47)(H,43,46,48). The summed E-state index contributed by atoms with van der Waals surface area (Å²) in [5, 5.41) is 7.62. The smallest absolute Gasteiger partial charge is 0.262 e. The first-order valence-electron chi connectivity index (χ1n) is 16.8. The monoisotopic (exact) mass is 664 g/mol. The van der Waals surface area contributed by atoms with Crippen LogP contribution in [0.1, 0.15) is 66.2 Å². The maximum atomic E-state index is 13.2. The molecule has 2 aliphatic rings. The zero-order valence-corrected chi connectivity index (χ0v) is 27.4. The summed E-state index contributed by atoms with van der Waals surface area (Å²) >= 11 is 0. The molecule has 1 fully saturated rings. The van der Waals surface area contributed by atoms with Gasteiger partial charge in [0.2, 0.25) is 11.8 Å². The van der Waals surface area contributed by atoms with E-state index in [1.807, 2.05) is 18.2 Å². The zero-order valence-electron chi connectivity index (χ0n) is 27.4. The van der Waals surface area contributed by atoms with Gasteiger partial charge in [0.25, 0.3) is 17.7 Å². The van der Waals surface area contributed by atoms with Crippen molar-refractivity contribution in [1.82, 2.24) is 20.4 Å². The Morgan fingerprint density at radius 1 is 0.740 bits per heavy atom. The van der Waals surface area contributed by atoms with Crippen LogP contribution in [0.5, 0.6) is 0 Å². The van der Waals surface area contributed by atoms with Crippen LogP contribution in [0.15, 0.2) is 115 Å². The number of benzene rings is 5. The van der Waals surface area contributed by atoms with Gasteiger partial charge in [0.05, 0.1) is 11.1 Å². The van der Waals surface area contributed by atoms with Crippen molar-refractivity contribution >= 4 is 40.3 Å². The molecule has 0 spiro atoms. The molecule has 50 heavy (non-hydrogen) atoms. The Hall–Kier alpha value is -5.93. The molecule has 5 aromatic carbocycles. The van der Waals surface area contributed by atoms with Crippen molar-refractivity contribution in [3.05, 3.63) is 154 Å². The summed E-state index contributed by atoms with van der Waals surface area (Å²) in [6, 6.07) is 36.9. The molecule has 2 N–H and O–H groups in total. The Morgan fingerprint density at radius 3 is 2.20 bits per heavy atom. The number of amides is 5. The largest absolute Gasteiger partial charge is 0.348 e. The van der Waals surface area contributed by atoms with Crippen molar-refractivity contribution in [1.29, 1.82) is 0 Å². The van der Waals surface area contributed by atoms with Gasteiger partial charge in [-0.05, 0) is 64.1 Å². The van der Waals surface area contributed by atoms with Crippen molar-refractivity contribution in [2.45, 2.75) is 44.9 Å². The maximum Gasteiger partial charge on any atom is 0.262 e. The van der Waals surface area contributed by atoms with Gasteiger partial charge in [-0.3, -0.25) is 39.1 Å². The molecule has 0 aliphatic carbocycles. The van der Waals surface area contributed by atoms with Crippen LogP contribution in [0, 0.1) is 0 Å². The topological polar surface area (TPSA) is 116 Å². The molecule has 5 aromatic rings. The summed E-state index contributed by atoms with van der Waals surface area (Å²) < 4.78 is 0. The molecule has 2 aliphatic heterocycles. The number of carbonyl (C=O) groups excluding carboxylic acids is 5. The fourth-order valence-corrected chi connectivity index (χ4v) is 6.76. The van der Waals surface area contributed by atoms with E-state index in [2.05, 4.69) is 94.4 Å². The highest BCUT2D eigenvalue weighted by Crippen LogP contribution is 2.28. The molecular formula is C41H36N4O5. The van der Waals surface area contributed by atoms with Crippen LogP contribution in [0.3, 0.4) is 0 Å². The highest BCUT2D eigenvalue weighted by atomic mass is 16.2. The number of fused-ring (bicyclic) bond motifs is 2. The summed E-state index contributed by atoms with van der Waals surface area (Å²) in [6.07, 6.45) is 1.03. The summed E-state index contributed by atoms with van der Waals surface area (Å²) in [4.78, 5) is 66.5. The molecule has 0 aromatic heterocycles. The minimum Gasteiger partial charge on any atom is -0.348 e. The first-order chi connectivity index (χ1) is 24.3. The van der Waals surface area contributed by atoms with E-state index in [1.165, 1.54) is 40.1 Å². The van der Waals surface area contributed by atoms with Crippen molar-refractivity contribution < 1.29 is 24.0 Å². The minimum atomic E-state index is -1.06. The second kappa shape index (κ2) is 14.3. The van der Waals surface area contributed by atoms with Gasteiger partial charge in [0, 0.05) is 38.2 Å². The van der Waals surface area contributed by atoms with Crippen LogP contribution in [-0.2, 0) is 35.6 Å².